The van der Waals surface area contributed by atoms with Gasteiger partial charge in [0.1, 0.15) is 18.4 Å². The molecule has 0 aliphatic carbocycles. The Morgan fingerprint density at radius 1 is 0.953 bits per heavy atom. The van der Waals surface area contributed by atoms with Crippen LogP contribution in [0.5, 0.6) is 11.5 Å². The van der Waals surface area contributed by atoms with Crippen LogP contribution >= 0.6 is 0 Å². The zero-order chi connectivity index (χ0) is 31.6. The number of unbranched alkanes of at least 4 members (excludes halogenated alkanes) is 1. The lowest BCUT2D eigenvalue weighted by Gasteiger charge is -2.33. The molecule has 0 bridgehead atoms. The fourth-order valence-corrected chi connectivity index (χ4v) is 6.10. The second kappa shape index (κ2) is 15.4. The van der Waals surface area contributed by atoms with Crippen molar-refractivity contribution in [3.05, 3.63) is 83.7 Å². The molecule has 0 unspecified atom stereocenters. The molecular weight excluding hydrogens is 573 g/mol. The zero-order valence-electron chi connectivity index (χ0n) is 25.3. The summed E-state index contributed by atoms with van der Waals surface area (Å²) in [5.74, 6) is -0.949. The first-order valence-electron chi connectivity index (χ1n) is 14.2. The van der Waals surface area contributed by atoms with Gasteiger partial charge < -0.3 is 19.7 Å². The largest absolute Gasteiger partial charge is 0.493 e. The number of hydrogen-bond donors (Lipinski definition) is 1. The molecule has 43 heavy (non-hydrogen) atoms. The van der Waals surface area contributed by atoms with E-state index in [9.17, 15) is 22.4 Å². The highest BCUT2D eigenvalue weighted by Gasteiger charge is 2.34. The number of amides is 2. The molecule has 3 rings (SSSR count). The van der Waals surface area contributed by atoms with Gasteiger partial charge in [-0.05, 0) is 61.7 Å². The Balaban J connectivity index is 2.07. The Hall–Kier alpha value is -4.12. The van der Waals surface area contributed by atoms with Crippen LogP contribution in [0.1, 0.15) is 44.2 Å². The number of rotatable bonds is 15. The molecule has 0 aliphatic heterocycles. The fourth-order valence-electron chi connectivity index (χ4n) is 4.67. The molecule has 11 heteroatoms. The molecule has 1 N–H and O–H groups in total. The zero-order valence-corrected chi connectivity index (χ0v) is 26.1. The van der Waals surface area contributed by atoms with Crippen molar-refractivity contribution in [3.8, 4) is 11.5 Å². The quantitative estimate of drug-likeness (QED) is 0.240. The maximum atomic E-state index is 14.1. The van der Waals surface area contributed by atoms with Crippen molar-refractivity contribution in [2.45, 2.75) is 57.5 Å². The molecule has 3 aromatic rings. The van der Waals surface area contributed by atoms with Crippen LogP contribution in [0, 0.1) is 12.7 Å². The van der Waals surface area contributed by atoms with Gasteiger partial charge in [0.05, 0.1) is 24.8 Å². The molecule has 0 fully saturated rings. The lowest BCUT2D eigenvalue weighted by Crippen LogP contribution is -2.52. The molecule has 0 radical (unpaired) electrons. The smallest absolute Gasteiger partial charge is 0.264 e. The first-order chi connectivity index (χ1) is 20.5. The van der Waals surface area contributed by atoms with Gasteiger partial charge in [0.2, 0.25) is 11.8 Å². The van der Waals surface area contributed by atoms with E-state index in [1.165, 1.54) is 49.5 Å². The maximum absolute atomic E-state index is 14.1. The number of anilines is 1. The molecule has 0 saturated heterocycles. The third-order valence-electron chi connectivity index (χ3n) is 6.99. The summed E-state index contributed by atoms with van der Waals surface area (Å²) in [4.78, 5) is 28.7. The average Bonchev–Trinajstić information content (AvgIpc) is 2.99. The van der Waals surface area contributed by atoms with Crippen LogP contribution in [0.4, 0.5) is 10.1 Å². The number of methoxy groups -OCH3 is 2. The fraction of sp³-hybridized carbons (Fsp3) is 0.375. The molecule has 0 heterocycles. The van der Waals surface area contributed by atoms with E-state index in [-0.39, 0.29) is 28.8 Å². The summed E-state index contributed by atoms with van der Waals surface area (Å²) in [7, 11) is -1.56. The van der Waals surface area contributed by atoms with Gasteiger partial charge in [0, 0.05) is 19.2 Å². The summed E-state index contributed by atoms with van der Waals surface area (Å²) in [5, 5.41) is 2.91. The second-order valence-corrected chi connectivity index (χ2v) is 11.9. The van der Waals surface area contributed by atoms with E-state index >= 15 is 0 Å². The SMILES string of the molecule is CCCCNC(=O)[C@H](CC)N(Cc1cccc(C)c1)C(=O)CN(c1ccc(F)cc1)S(=O)(=O)c1ccc(OC)c(OC)c1. The van der Waals surface area contributed by atoms with Crippen LogP contribution in [-0.4, -0.2) is 58.5 Å². The standard InChI is InChI=1S/C32H40FN3O6S/c1-6-8-18-34-32(38)28(7-2)35(21-24-11-9-10-23(3)19-24)31(37)22-36(26-14-12-25(33)13-15-26)43(39,40)27-16-17-29(41-4)30(20-27)42-5/h9-17,19-20,28H,6-8,18,21-22H2,1-5H3,(H,34,38)/t28-/m0/s1. The van der Waals surface area contributed by atoms with Gasteiger partial charge in [0.15, 0.2) is 11.5 Å². The van der Waals surface area contributed by atoms with Crippen LogP contribution in [0.25, 0.3) is 0 Å². The molecular formula is C32H40FN3O6S. The van der Waals surface area contributed by atoms with E-state index in [0.29, 0.717) is 18.7 Å². The monoisotopic (exact) mass is 613 g/mol. The van der Waals surface area contributed by atoms with Gasteiger partial charge in [-0.3, -0.25) is 13.9 Å². The third kappa shape index (κ3) is 8.47. The van der Waals surface area contributed by atoms with E-state index in [0.717, 1.165) is 40.4 Å². The number of benzene rings is 3. The van der Waals surface area contributed by atoms with Gasteiger partial charge in [-0.1, -0.05) is 50.1 Å². The topological polar surface area (TPSA) is 105 Å². The molecule has 0 spiro atoms. The summed E-state index contributed by atoms with van der Waals surface area (Å²) in [6.45, 7) is 5.67. The van der Waals surface area contributed by atoms with Crippen LogP contribution in [0.3, 0.4) is 0 Å². The van der Waals surface area contributed by atoms with E-state index in [1.54, 1.807) is 6.92 Å². The summed E-state index contributed by atoms with van der Waals surface area (Å²) in [6, 6.07) is 15.6. The number of ether oxygens (including phenoxy) is 2. The van der Waals surface area contributed by atoms with Crippen LogP contribution in [0.15, 0.2) is 71.6 Å². The van der Waals surface area contributed by atoms with Crippen molar-refractivity contribution in [2.24, 2.45) is 0 Å². The van der Waals surface area contributed by atoms with Gasteiger partial charge in [-0.25, -0.2) is 12.8 Å². The summed E-state index contributed by atoms with van der Waals surface area (Å²) in [5.41, 5.74) is 1.86. The van der Waals surface area contributed by atoms with Crippen molar-refractivity contribution in [1.82, 2.24) is 10.2 Å². The predicted molar refractivity (Wildman–Crippen MR) is 164 cm³/mol. The Morgan fingerprint density at radius 2 is 1.65 bits per heavy atom. The van der Waals surface area contributed by atoms with Crippen molar-refractivity contribution in [3.63, 3.8) is 0 Å². The predicted octanol–water partition coefficient (Wildman–Crippen LogP) is 5.07. The lowest BCUT2D eigenvalue weighted by atomic mass is 10.1. The van der Waals surface area contributed by atoms with E-state index in [1.807, 2.05) is 38.1 Å². The maximum Gasteiger partial charge on any atom is 0.264 e. The Bertz CT molecular complexity index is 1500. The highest BCUT2D eigenvalue weighted by Crippen LogP contribution is 2.32. The normalized spacial score (nSPS) is 11.9. The van der Waals surface area contributed by atoms with Crippen LogP contribution < -0.4 is 19.1 Å². The highest BCUT2D eigenvalue weighted by atomic mass is 32.2. The van der Waals surface area contributed by atoms with Gasteiger partial charge in [0.25, 0.3) is 10.0 Å². The van der Waals surface area contributed by atoms with E-state index < -0.39 is 34.3 Å². The minimum atomic E-state index is -4.38. The van der Waals surface area contributed by atoms with Gasteiger partial charge >= 0.3 is 0 Å². The second-order valence-electron chi connectivity index (χ2n) is 10.1. The number of aryl methyl sites for hydroxylation is 1. The third-order valence-corrected chi connectivity index (χ3v) is 8.76. The number of nitrogens with zero attached hydrogens (tertiary/aromatic N) is 2. The molecule has 1 atom stereocenters. The molecule has 0 aliphatic rings. The minimum absolute atomic E-state index is 0.0838. The van der Waals surface area contributed by atoms with E-state index in [4.69, 9.17) is 9.47 Å². The highest BCUT2D eigenvalue weighted by molar-refractivity contribution is 7.92. The first kappa shape index (κ1) is 33.4. The van der Waals surface area contributed by atoms with Crippen LogP contribution in [-0.2, 0) is 26.2 Å². The summed E-state index contributed by atoms with van der Waals surface area (Å²) >= 11 is 0. The van der Waals surface area contributed by atoms with Crippen LogP contribution in [0.2, 0.25) is 0 Å². The number of halogens is 1. The number of sulfonamides is 1. The Labute approximate surface area is 253 Å². The minimum Gasteiger partial charge on any atom is -0.493 e. The van der Waals surface area contributed by atoms with Crippen molar-refractivity contribution < 1.29 is 31.9 Å². The molecule has 0 saturated carbocycles. The number of carbonyl (C=O) groups excluding carboxylic acids is 2. The summed E-state index contributed by atoms with van der Waals surface area (Å²) in [6.07, 6.45) is 1.99. The number of nitrogens with one attached hydrogen (secondary N) is 1. The molecule has 9 nitrogen and oxygen atoms in total. The summed E-state index contributed by atoms with van der Waals surface area (Å²) < 4.78 is 53.5. The molecule has 2 amide bonds. The molecule has 3 aromatic carbocycles. The van der Waals surface area contributed by atoms with E-state index in [2.05, 4.69) is 5.32 Å². The van der Waals surface area contributed by atoms with Gasteiger partial charge in [-0.15, -0.1) is 0 Å². The lowest BCUT2D eigenvalue weighted by molar-refractivity contribution is -0.140. The first-order valence-corrected chi connectivity index (χ1v) is 15.6. The average molecular weight is 614 g/mol. The number of hydrogen-bond acceptors (Lipinski definition) is 6. The Kier molecular flexibility index (Phi) is 11.9. The van der Waals surface area contributed by atoms with Crippen molar-refractivity contribution in [2.75, 3.05) is 31.6 Å². The molecule has 0 aromatic heterocycles. The van der Waals surface area contributed by atoms with Crippen molar-refractivity contribution >= 4 is 27.5 Å². The van der Waals surface area contributed by atoms with Crippen molar-refractivity contribution in [1.29, 1.82) is 0 Å². The molecule has 232 valence electrons. The number of carbonyl (C=O) groups is 2. The van der Waals surface area contributed by atoms with Gasteiger partial charge in [-0.2, -0.15) is 0 Å². The Morgan fingerprint density at radius 3 is 2.26 bits per heavy atom.